The fraction of sp³-hybridized carbons (Fsp3) is 0.833. The number of carbonyl (C=O) groups excluding carboxylic acids is 2. The number of hydrogen-bond donors (Lipinski definition) is 1. The van der Waals surface area contributed by atoms with Crippen LogP contribution in [0.15, 0.2) is 0 Å². The maximum absolute atomic E-state index is 12.2. The molecule has 5 heteroatoms. The van der Waals surface area contributed by atoms with Gasteiger partial charge in [-0.15, -0.1) is 0 Å². The Morgan fingerprint density at radius 2 is 2.24 bits per heavy atom. The zero-order valence-electron chi connectivity index (χ0n) is 11.1. The number of carbonyl (C=O) groups is 2. The molecule has 0 saturated carbocycles. The van der Waals surface area contributed by atoms with Gasteiger partial charge in [-0.2, -0.15) is 0 Å². The summed E-state index contributed by atoms with van der Waals surface area (Å²) in [6.07, 6.45) is 0.943. The van der Waals surface area contributed by atoms with Crippen molar-refractivity contribution in [1.82, 2.24) is 10.2 Å². The van der Waals surface area contributed by atoms with E-state index < -0.39 is 5.60 Å². The summed E-state index contributed by atoms with van der Waals surface area (Å²) in [4.78, 5) is 25.5. The van der Waals surface area contributed by atoms with Crippen molar-refractivity contribution < 1.29 is 14.3 Å². The van der Waals surface area contributed by atoms with E-state index in [4.69, 9.17) is 4.74 Å². The summed E-state index contributed by atoms with van der Waals surface area (Å²) in [5.74, 6) is -0.0686. The molecule has 98 valence electrons. The highest BCUT2D eigenvalue weighted by Gasteiger charge is 2.34. The molecule has 1 unspecified atom stereocenters. The molecule has 1 aliphatic rings. The SMILES string of the molecule is CCC1C(=O)NCCN1C(=O)CC(C)(C)OC. The highest BCUT2D eigenvalue weighted by Crippen LogP contribution is 2.18. The molecule has 1 atom stereocenters. The van der Waals surface area contributed by atoms with Crippen molar-refractivity contribution >= 4 is 11.8 Å². The Bertz CT molecular complexity index is 302. The van der Waals surface area contributed by atoms with Crippen molar-refractivity contribution in [1.29, 1.82) is 0 Å². The first-order valence-electron chi connectivity index (χ1n) is 6.03. The minimum Gasteiger partial charge on any atom is -0.378 e. The van der Waals surface area contributed by atoms with Gasteiger partial charge in [-0.25, -0.2) is 0 Å². The molecule has 1 fully saturated rings. The van der Waals surface area contributed by atoms with E-state index >= 15 is 0 Å². The normalized spacial score (nSPS) is 21.3. The van der Waals surface area contributed by atoms with E-state index in [1.807, 2.05) is 20.8 Å². The van der Waals surface area contributed by atoms with Crippen LogP contribution in [0.25, 0.3) is 0 Å². The van der Waals surface area contributed by atoms with Gasteiger partial charge in [0.05, 0.1) is 12.0 Å². The Hall–Kier alpha value is -1.10. The Morgan fingerprint density at radius 3 is 2.76 bits per heavy atom. The van der Waals surface area contributed by atoms with E-state index in [1.165, 1.54) is 0 Å². The van der Waals surface area contributed by atoms with Crippen LogP contribution in [0.5, 0.6) is 0 Å². The Labute approximate surface area is 102 Å². The van der Waals surface area contributed by atoms with Crippen molar-refractivity contribution in [2.24, 2.45) is 0 Å². The second-order valence-electron chi connectivity index (χ2n) is 4.94. The van der Waals surface area contributed by atoms with Crippen molar-refractivity contribution in [2.45, 2.75) is 45.3 Å². The van der Waals surface area contributed by atoms with Crippen LogP contribution in [-0.2, 0) is 14.3 Å². The number of methoxy groups -OCH3 is 1. The van der Waals surface area contributed by atoms with Crippen LogP contribution in [0.1, 0.15) is 33.6 Å². The molecule has 5 nitrogen and oxygen atoms in total. The quantitative estimate of drug-likeness (QED) is 0.782. The third-order valence-corrected chi connectivity index (χ3v) is 3.17. The number of nitrogens with zero attached hydrogens (tertiary/aromatic N) is 1. The molecule has 0 spiro atoms. The summed E-state index contributed by atoms with van der Waals surface area (Å²) in [5.41, 5.74) is -0.483. The molecule has 0 aromatic rings. The molecule has 1 aliphatic heterocycles. The molecule has 17 heavy (non-hydrogen) atoms. The second-order valence-corrected chi connectivity index (χ2v) is 4.94. The zero-order chi connectivity index (χ0) is 13.1. The summed E-state index contributed by atoms with van der Waals surface area (Å²) < 4.78 is 5.25. The van der Waals surface area contributed by atoms with Crippen molar-refractivity contribution in [2.75, 3.05) is 20.2 Å². The predicted octanol–water partition coefficient (Wildman–Crippen LogP) is 0.539. The van der Waals surface area contributed by atoms with Crippen molar-refractivity contribution in [3.63, 3.8) is 0 Å². The van der Waals surface area contributed by atoms with Gasteiger partial charge in [0.15, 0.2) is 0 Å². The second kappa shape index (κ2) is 5.49. The molecule has 1 N–H and O–H groups in total. The lowest BCUT2D eigenvalue weighted by atomic mass is 10.0. The van der Waals surface area contributed by atoms with Crippen molar-refractivity contribution in [3.8, 4) is 0 Å². The van der Waals surface area contributed by atoms with E-state index in [2.05, 4.69) is 5.32 Å². The van der Waals surface area contributed by atoms with Gasteiger partial charge in [-0.05, 0) is 20.3 Å². The third kappa shape index (κ3) is 3.43. The highest BCUT2D eigenvalue weighted by molar-refractivity contribution is 5.89. The number of nitrogens with one attached hydrogen (secondary N) is 1. The first kappa shape index (κ1) is 14.0. The van der Waals surface area contributed by atoms with Crippen LogP contribution < -0.4 is 5.32 Å². The fourth-order valence-corrected chi connectivity index (χ4v) is 1.96. The standard InChI is InChI=1S/C12H22N2O3/c1-5-9-11(16)13-6-7-14(9)10(15)8-12(2,3)17-4/h9H,5-8H2,1-4H3,(H,13,16). The van der Waals surface area contributed by atoms with E-state index in [0.717, 1.165) is 0 Å². The molecule has 0 aromatic heterocycles. The largest absolute Gasteiger partial charge is 0.378 e. The number of ether oxygens (including phenoxy) is 1. The molecule has 1 rings (SSSR count). The summed E-state index contributed by atoms with van der Waals surface area (Å²) in [6.45, 7) is 6.78. The van der Waals surface area contributed by atoms with Crippen LogP contribution >= 0.6 is 0 Å². The maximum atomic E-state index is 12.2. The van der Waals surface area contributed by atoms with Crippen LogP contribution in [-0.4, -0.2) is 48.6 Å². The minimum atomic E-state index is -0.483. The summed E-state index contributed by atoms with van der Waals surface area (Å²) in [7, 11) is 1.59. The first-order valence-corrected chi connectivity index (χ1v) is 6.03. The molecule has 0 radical (unpaired) electrons. The van der Waals surface area contributed by atoms with E-state index in [-0.39, 0.29) is 17.9 Å². The number of piperazine rings is 1. The number of amides is 2. The molecule has 1 heterocycles. The van der Waals surface area contributed by atoms with Crippen LogP contribution in [0, 0.1) is 0 Å². The smallest absolute Gasteiger partial charge is 0.242 e. The zero-order valence-corrected chi connectivity index (χ0v) is 11.1. The first-order chi connectivity index (χ1) is 7.91. The lowest BCUT2D eigenvalue weighted by Gasteiger charge is -2.36. The van der Waals surface area contributed by atoms with E-state index in [1.54, 1.807) is 12.0 Å². The minimum absolute atomic E-state index is 0.0152. The molecule has 0 bridgehead atoms. The number of hydrogen-bond acceptors (Lipinski definition) is 3. The van der Waals surface area contributed by atoms with Crippen LogP contribution in [0.2, 0.25) is 0 Å². The topological polar surface area (TPSA) is 58.6 Å². The van der Waals surface area contributed by atoms with Gasteiger partial charge in [0.1, 0.15) is 6.04 Å². The van der Waals surface area contributed by atoms with E-state index in [0.29, 0.717) is 25.9 Å². The van der Waals surface area contributed by atoms with E-state index in [9.17, 15) is 9.59 Å². The summed E-state index contributed by atoms with van der Waals surface area (Å²) in [5, 5.41) is 2.78. The van der Waals surface area contributed by atoms with Crippen LogP contribution in [0.3, 0.4) is 0 Å². The van der Waals surface area contributed by atoms with Gasteiger partial charge < -0.3 is 15.0 Å². The lowest BCUT2D eigenvalue weighted by molar-refractivity contribution is -0.147. The average molecular weight is 242 g/mol. The Balaban J connectivity index is 2.70. The van der Waals surface area contributed by atoms with Gasteiger partial charge in [-0.1, -0.05) is 6.92 Å². The predicted molar refractivity (Wildman–Crippen MR) is 64.5 cm³/mol. The summed E-state index contributed by atoms with van der Waals surface area (Å²) in [6, 6.07) is -0.330. The van der Waals surface area contributed by atoms with Crippen molar-refractivity contribution in [3.05, 3.63) is 0 Å². The average Bonchev–Trinajstić information content (AvgIpc) is 2.28. The maximum Gasteiger partial charge on any atom is 0.242 e. The lowest BCUT2D eigenvalue weighted by Crippen LogP contribution is -2.57. The monoisotopic (exact) mass is 242 g/mol. The number of rotatable bonds is 4. The molecule has 0 aliphatic carbocycles. The van der Waals surface area contributed by atoms with Crippen LogP contribution in [0.4, 0.5) is 0 Å². The fourth-order valence-electron chi connectivity index (χ4n) is 1.96. The molecule has 2 amide bonds. The molecule has 1 saturated heterocycles. The van der Waals surface area contributed by atoms with Gasteiger partial charge in [-0.3, -0.25) is 9.59 Å². The van der Waals surface area contributed by atoms with Gasteiger partial charge in [0.2, 0.25) is 11.8 Å². The van der Waals surface area contributed by atoms with Gasteiger partial charge in [0.25, 0.3) is 0 Å². The molecule has 0 aromatic carbocycles. The third-order valence-electron chi connectivity index (χ3n) is 3.17. The van der Waals surface area contributed by atoms with Gasteiger partial charge >= 0.3 is 0 Å². The molecular weight excluding hydrogens is 220 g/mol. The molecular formula is C12H22N2O3. The van der Waals surface area contributed by atoms with Gasteiger partial charge in [0, 0.05) is 20.2 Å². The Morgan fingerprint density at radius 1 is 1.59 bits per heavy atom. The summed E-state index contributed by atoms with van der Waals surface area (Å²) >= 11 is 0. The Kier molecular flexibility index (Phi) is 4.51. The highest BCUT2D eigenvalue weighted by atomic mass is 16.5.